The summed E-state index contributed by atoms with van der Waals surface area (Å²) >= 11 is 5.25. The lowest BCUT2D eigenvalue weighted by Crippen LogP contribution is -1.97. The van der Waals surface area contributed by atoms with Crippen molar-refractivity contribution < 1.29 is 4.39 Å². The lowest BCUT2D eigenvalue weighted by atomic mass is 10.2. The number of nitrogens with zero attached hydrogens (tertiary/aromatic N) is 2. The van der Waals surface area contributed by atoms with Crippen LogP contribution in [-0.2, 0) is 0 Å². The Morgan fingerprint density at radius 1 is 1.00 bits per heavy atom. The average molecular weight is 271 g/mol. The average Bonchev–Trinajstić information content (AvgIpc) is 2.82. The van der Waals surface area contributed by atoms with Gasteiger partial charge < -0.3 is 0 Å². The molecule has 2 aromatic carbocycles. The number of nitrogens with one attached hydrogen (secondary N) is 1. The summed E-state index contributed by atoms with van der Waals surface area (Å²) in [6.45, 7) is 0. The number of para-hydroxylation sites is 1. The molecule has 0 radical (unpaired) electrons. The normalized spacial score (nSPS) is 10.6. The quantitative estimate of drug-likeness (QED) is 0.720. The van der Waals surface area contributed by atoms with Crippen molar-refractivity contribution in [1.82, 2.24) is 14.8 Å². The van der Waals surface area contributed by atoms with Gasteiger partial charge in [-0.3, -0.25) is 9.67 Å². The van der Waals surface area contributed by atoms with Gasteiger partial charge in [0.2, 0.25) is 0 Å². The van der Waals surface area contributed by atoms with Gasteiger partial charge in [0.1, 0.15) is 5.82 Å². The molecule has 5 heteroatoms. The van der Waals surface area contributed by atoms with Gasteiger partial charge in [0.15, 0.2) is 10.6 Å². The van der Waals surface area contributed by atoms with Gasteiger partial charge in [-0.05, 0) is 48.6 Å². The summed E-state index contributed by atoms with van der Waals surface area (Å²) in [6, 6.07) is 15.8. The largest absolute Gasteiger partial charge is 0.268 e. The van der Waals surface area contributed by atoms with Crippen molar-refractivity contribution in [3.8, 4) is 17.1 Å². The van der Waals surface area contributed by atoms with Crippen LogP contribution in [0.1, 0.15) is 0 Å². The van der Waals surface area contributed by atoms with Crippen molar-refractivity contribution >= 4 is 12.2 Å². The number of aromatic amines is 1. The van der Waals surface area contributed by atoms with Gasteiger partial charge in [0.25, 0.3) is 0 Å². The number of hydrogen-bond donors (Lipinski definition) is 1. The molecule has 0 amide bonds. The Morgan fingerprint density at radius 2 is 1.68 bits per heavy atom. The van der Waals surface area contributed by atoms with Crippen LogP contribution in [0.15, 0.2) is 54.6 Å². The van der Waals surface area contributed by atoms with E-state index in [0.717, 1.165) is 11.3 Å². The van der Waals surface area contributed by atoms with E-state index in [9.17, 15) is 4.39 Å². The first kappa shape index (κ1) is 11.8. The summed E-state index contributed by atoms with van der Waals surface area (Å²) in [7, 11) is 0. The first-order valence-electron chi connectivity index (χ1n) is 5.74. The third kappa shape index (κ3) is 2.20. The predicted molar refractivity (Wildman–Crippen MR) is 74.1 cm³/mol. The minimum atomic E-state index is -0.274. The Bertz CT molecular complexity index is 744. The van der Waals surface area contributed by atoms with Crippen molar-refractivity contribution in [2.24, 2.45) is 0 Å². The van der Waals surface area contributed by atoms with E-state index in [0.29, 0.717) is 10.6 Å². The number of hydrogen-bond acceptors (Lipinski definition) is 2. The lowest BCUT2D eigenvalue weighted by Gasteiger charge is -2.06. The van der Waals surface area contributed by atoms with Gasteiger partial charge in [0, 0.05) is 11.3 Å². The maximum Gasteiger partial charge on any atom is 0.200 e. The first-order valence-corrected chi connectivity index (χ1v) is 6.15. The topological polar surface area (TPSA) is 33.6 Å². The van der Waals surface area contributed by atoms with Crippen molar-refractivity contribution in [2.45, 2.75) is 0 Å². The van der Waals surface area contributed by atoms with Crippen LogP contribution in [0.5, 0.6) is 0 Å². The molecule has 0 bridgehead atoms. The van der Waals surface area contributed by atoms with E-state index < -0.39 is 0 Å². The Balaban J connectivity index is 2.19. The zero-order valence-corrected chi connectivity index (χ0v) is 10.7. The van der Waals surface area contributed by atoms with Crippen LogP contribution in [-0.4, -0.2) is 14.8 Å². The summed E-state index contributed by atoms with van der Waals surface area (Å²) in [6.07, 6.45) is 0. The first-order chi connectivity index (χ1) is 9.25. The SMILES string of the molecule is Fc1ccc(-c2n[nH]c(=S)n2-c2ccccc2)cc1. The molecule has 1 aromatic heterocycles. The van der Waals surface area contributed by atoms with E-state index in [-0.39, 0.29) is 5.82 Å². The molecule has 0 aliphatic heterocycles. The Labute approximate surface area is 114 Å². The van der Waals surface area contributed by atoms with Crippen LogP contribution < -0.4 is 0 Å². The monoisotopic (exact) mass is 271 g/mol. The molecule has 0 spiro atoms. The van der Waals surface area contributed by atoms with Crippen molar-refractivity contribution in [3.05, 3.63) is 65.2 Å². The molecule has 0 unspecified atom stereocenters. The molecule has 0 atom stereocenters. The molecule has 0 saturated carbocycles. The number of H-pyrrole nitrogens is 1. The summed E-state index contributed by atoms with van der Waals surface area (Å²) < 4.78 is 15.3. The zero-order valence-electron chi connectivity index (χ0n) is 9.88. The number of halogens is 1. The molecule has 1 N–H and O–H groups in total. The second kappa shape index (κ2) is 4.78. The molecule has 94 valence electrons. The lowest BCUT2D eigenvalue weighted by molar-refractivity contribution is 0.628. The van der Waals surface area contributed by atoms with Crippen LogP contribution in [0.3, 0.4) is 0 Å². The van der Waals surface area contributed by atoms with Crippen molar-refractivity contribution in [2.75, 3.05) is 0 Å². The molecule has 0 saturated heterocycles. The van der Waals surface area contributed by atoms with Crippen molar-refractivity contribution in [1.29, 1.82) is 0 Å². The molecule has 3 nitrogen and oxygen atoms in total. The number of benzene rings is 2. The van der Waals surface area contributed by atoms with Gasteiger partial charge in [-0.1, -0.05) is 18.2 Å². The van der Waals surface area contributed by atoms with Gasteiger partial charge in [-0.2, -0.15) is 5.10 Å². The van der Waals surface area contributed by atoms with Gasteiger partial charge in [0.05, 0.1) is 0 Å². The van der Waals surface area contributed by atoms with E-state index in [1.807, 2.05) is 34.9 Å². The van der Waals surface area contributed by atoms with E-state index in [4.69, 9.17) is 12.2 Å². The van der Waals surface area contributed by atoms with Crippen LogP contribution in [0.2, 0.25) is 0 Å². The standard InChI is InChI=1S/C14H10FN3S/c15-11-8-6-10(7-9-11)13-16-17-14(19)18(13)12-4-2-1-3-5-12/h1-9H,(H,17,19). The third-order valence-electron chi connectivity index (χ3n) is 2.79. The molecule has 0 fully saturated rings. The minimum Gasteiger partial charge on any atom is -0.268 e. The fraction of sp³-hybridized carbons (Fsp3) is 0. The highest BCUT2D eigenvalue weighted by Crippen LogP contribution is 2.21. The third-order valence-corrected chi connectivity index (χ3v) is 3.06. The summed E-state index contributed by atoms with van der Waals surface area (Å²) in [5.41, 5.74) is 1.72. The maximum atomic E-state index is 13.0. The second-order valence-corrected chi connectivity index (χ2v) is 4.42. The Morgan fingerprint density at radius 3 is 2.37 bits per heavy atom. The van der Waals surface area contributed by atoms with Gasteiger partial charge in [-0.25, -0.2) is 4.39 Å². The Hall–Kier alpha value is -2.27. The van der Waals surface area contributed by atoms with Gasteiger partial charge >= 0.3 is 0 Å². The van der Waals surface area contributed by atoms with E-state index in [1.54, 1.807) is 12.1 Å². The summed E-state index contributed by atoms with van der Waals surface area (Å²) in [5.74, 6) is 0.389. The van der Waals surface area contributed by atoms with Crippen LogP contribution in [0.25, 0.3) is 17.1 Å². The number of rotatable bonds is 2. The Kier molecular flexibility index (Phi) is 2.97. The highest BCUT2D eigenvalue weighted by molar-refractivity contribution is 7.71. The molecule has 0 aliphatic carbocycles. The fourth-order valence-electron chi connectivity index (χ4n) is 1.91. The van der Waals surface area contributed by atoms with Crippen molar-refractivity contribution in [3.63, 3.8) is 0 Å². The van der Waals surface area contributed by atoms with E-state index in [2.05, 4.69) is 10.2 Å². The molecule has 0 aliphatic rings. The maximum absolute atomic E-state index is 13.0. The molecular weight excluding hydrogens is 261 g/mol. The highest BCUT2D eigenvalue weighted by atomic mass is 32.1. The van der Waals surface area contributed by atoms with Crippen LogP contribution in [0, 0.1) is 10.6 Å². The predicted octanol–water partition coefficient (Wildman–Crippen LogP) is 3.74. The van der Waals surface area contributed by atoms with E-state index in [1.165, 1.54) is 12.1 Å². The zero-order chi connectivity index (χ0) is 13.2. The number of aromatic nitrogens is 3. The van der Waals surface area contributed by atoms with Crippen LogP contribution >= 0.6 is 12.2 Å². The molecular formula is C14H10FN3S. The smallest absolute Gasteiger partial charge is 0.200 e. The summed E-state index contributed by atoms with van der Waals surface area (Å²) in [4.78, 5) is 0. The minimum absolute atomic E-state index is 0.274. The second-order valence-electron chi connectivity index (χ2n) is 4.03. The molecule has 3 aromatic rings. The molecule has 3 rings (SSSR count). The summed E-state index contributed by atoms with van der Waals surface area (Å²) in [5, 5.41) is 6.99. The fourth-order valence-corrected chi connectivity index (χ4v) is 2.14. The van der Waals surface area contributed by atoms with Gasteiger partial charge in [-0.15, -0.1) is 0 Å². The highest BCUT2D eigenvalue weighted by Gasteiger charge is 2.10. The van der Waals surface area contributed by atoms with E-state index >= 15 is 0 Å². The molecule has 19 heavy (non-hydrogen) atoms. The van der Waals surface area contributed by atoms with Crippen LogP contribution in [0.4, 0.5) is 4.39 Å². The molecule has 1 heterocycles.